The van der Waals surface area contributed by atoms with Crippen molar-refractivity contribution in [1.29, 1.82) is 0 Å². The summed E-state index contributed by atoms with van der Waals surface area (Å²) in [5.41, 5.74) is 9.06. The van der Waals surface area contributed by atoms with Gasteiger partial charge in [-0.1, -0.05) is 30.3 Å². The number of carbonyl (C=O) groups is 1. The van der Waals surface area contributed by atoms with Crippen molar-refractivity contribution in [1.82, 2.24) is 19.7 Å². The molecule has 1 aliphatic heterocycles. The molecule has 2 atom stereocenters. The van der Waals surface area contributed by atoms with E-state index in [1.807, 2.05) is 46.0 Å². The van der Waals surface area contributed by atoms with Crippen molar-refractivity contribution in [3.63, 3.8) is 0 Å². The minimum atomic E-state index is 0.0383. The highest BCUT2D eigenvalue weighted by Crippen LogP contribution is 2.30. The van der Waals surface area contributed by atoms with Gasteiger partial charge in [-0.3, -0.25) is 4.79 Å². The Morgan fingerprint density at radius 2 is 2.04 bits per heavy atom. The lowest BCUT2D eigenvalue weighted by atomic mass is 10.1. The van der Waals surface area contributed by atoms with Gasteiger partial charge in [0.2, 0.25) is 0 Å². The van der Waals surface area contributed by atoms with Gasteiger partial charge in [0.05, 0.1) is 22.8 Å². The summed E-state index contributed by atoms with van der Waals surface area (Å²) in [6, 6.07) is 12.2. The molecule has 2 unspecified atom stereocenters. The number of rotatable bonds is 4. The molecule has 146 valence electrons. The minimum Gasteiger partial charge on any atom is -0.336 e. The largest absolute Gasteiger partial charge is 0.336 e. The molecule has 1 amide bonds. The highest BCUT2D eigenvalue weighted by atomic mass is 16.2. The molecular weight excluding hydrogens is 350 g/mol. The Bertz CT molecular complexity index is 995. The summed E-state index contributed by atoms with van der Waals surface area (Å²) < 4.78 is 1.88. The van der Waals surface area contributed by atoms with Crippen LogP contribution in [-0.4, -0.2) is 44.7 Å². The van der Waals surface area contributed by atoms with Crippen LogP contribution in [0.25, 0.3) is 22.3 Å². The van der Waals surface area contributed by atoms with Gasteiger partial charge < -0.3 is 10.6 Å². The molecule has 1 fully saturated rings. The lowest BCUT2D eigenvalue weighted by molar-refractivity contribution is 0.0745. The van der Waals surface area contributed by atoms with Gasteiger partial charge in [0.25, 0.3) is 5.91 Å². The molecule has 1 aromatic carbocycles. The molecular formula is C22H27N5O. The third-order valence-corrected chi connectivity index (χ3v) is 5.61. The number of nitrogens with two attached hydrogens (primary N) is 1. The van der Waals surface area contributed by atoms with Crippen LogP contribution in [0.15, 0.2) is 42.6 Å². The smallest absolute Gasteiger partial charge is 0.254 e. The summed E-state index contributed by atoms with van der Waals surface area (Å²) in [6.45, 7) is 7.56. The van der Waals surface area contributed by atoms with Gasteiger partial charge in [0.1, 0.15) is 0 Å². The van der Waals surface area contributed by atoms with Crippen molar-refractivity contribution in [2.45, 2.75) is 39.3 Å². The Balaban J connectivity index is 1.86. The number of amides is 1. The number of benzene rings is 1. The number of hydrogen-bond donors (Lipinski definition) is 1. The van der Waals surface area contributed by atoms with E-state index in [1.54, 1.807) is 6.20 Å². The lowest BCUT2D eigenvalue weighted by Crippen LogP contribution is -2.34. The molecule has 0 bridgehead atoms. The zero-order chi connectivity index (χ0) is 19.8. The van der Waals surface area contributed by atoms with Gasteiger partial charge in [-0.25, -0.2) is 9.67 Å². The average Bonchev–Trinajstić information content (AvgIpc) is 3.30. The van der Waals surface area contributed by atoms with Gasteiger partial charge in [-0.2, -0.15) is 5.10 Å². The second-order valence-corrected chi connectivity index (χ2v) is 7.99. The van der Waals surface area contributed by atoms with Crippen LogP contribution >= 0.6 is 0 Å². The van der Waals surface area contributed by atoms with Crippen LogP contribution in [0.3, 0.4) is 0 Å². The van der Waals surface area contributed by atoms with E-state index < -0.39 is 0 Å². The first kappa shape index (κ1) is 18.6. The summed E-state index contributed by atoms with van der Waals surface area (Å²) in [7, 11) is 0. The molecule has 2 N–H and O–H groups in total. The van der Waals surface area contributed by atoms with Crippen LogP contribution in [0.4, 0.5) is 0 Å². The molecule has 3 aromatic rings. The van der Waals surface area contributed by atoms with Crippen molar-refractivity contribution in [3.8, 4) is 11.3 Å². The molecule has 0 radical (unpaired) electrons. The maximum atomic E-state index is 13.5. The predicted molar refractivity (Wildman–Crippen MR) is 111 cm³/mol. The normalized spacial score (nSPS) is 19.7. The summed E-state index contributed by atoms with van der Waals surface area (Å²) in [6.07, 6.45) is 2.72. The number of pyridine rings is 1. The second-order valence-electron chi connectivity index (χ2n) is 7.99. The van der Waals surface area contributed by atoms with Gasteiger partial charge in [-0.15, -0.1) is 0 Å². The molecule has 0 spiro atoms. The number of fused-ring (bicyclic) bond motifs is 1. The van der Waals surface area contributed by atoms with E-state index in [9.17, 15) is 4.79 Å². The first-order chi connectivity index (χ1) is 13.5. The molecule has 0 saturated carbocycles. The van der Waals surface area contributed by atoms with Crippen molar-refractivity contribution in [3.05, 3.63) is 48.2 Å². The Labute approximate surface area is 165 Å². The number of hydrogen-bond acceptors (Lipinski definition) is 4. The van der Waals surface area contributed by atoms with E-state index in [1.165, 1.54) is 0 Å². The van der Waals surface area contributed by atoms with E-state index in [4.69, 9.17) is 10.7 Å². The van der Waals surface area contributed by atoms with Crippen LogP contribution in [0.2, 0.25) is 0 Å². The average molecular weight is 377 g/mol. The van der Waals surface area contributed by atoms with E-state index in [0.29, 0.717) is 24.6 Å². The zero-order valence-electron chi connectivity index (χ0n) is 16.7. The van der Waals surface area contributed by atoms with Crippen LogP contribution in [0.1, 0.15) is 43.6 Å². The topological polar surface area (TPSA) is 77.0 Å². The van der Waals surface area contributed by atoms with Crippen LogP contribution in [-0.2, 0) is 0 Å². The fourth-order valence-corrected chi connectivity index (χ4v) is 4.08. The maximum Gasteiger partial charge on any atom is 0.254 e. The highest BCUT2D eigenvalue weighted by molar-refractivity contribution is 6.06. The van der Waals surface area contributed by atoms with Crippen LogP contribution in [0.5, 0.6) is 0 Å². The summed E-state index contributed by atoms with van der Waals surface area (Å²) in [5, 5.41) is 5.32. The number of carbonyl (C=O) groups excluding carboxylic acids is 1. The summed E-state index contributed by atoms with van der Waals surface area (Å²) >= 11 is 0. The van der Waals surface area contributed by atoms with Crippen molar-refractivity contribution in [2.75, 3.05) is 13.1 Å². The molecule has 2 aromatic heterocycles. The fourth-order valence-electron chi connectivity index (χ4n) is 4.08. The minimum absolute atomic E-state index is 0.0383. The molecule has 0 aliphatic carbocycles. The van der Waals surface area contributed by atoms with Gasteiger partial charge >= 0.3 is 0 Å². The number of aromatic nitrogens is 3. The zero-order valence-corrected chi connectivity index (χ0v) is 16.7. The number of likely N-dealkylation sites (tertiary alicyclic amines) is 1. The summed E-state index contributed by atoms with van der Waals surface area (Å²) in [4.78, 5) is 20.3. The Hall–Kier alpha value is -2.73. The molecule has 1 saturated heterocycles. The van der Waals surface area contributed by atoms with E-state index in [0.717, 1.165) is 28.7 Å². The predicted octanol–water partition coefficient (Wildman–Crippen LogP) is 3.49. The fraction of sp³-hybridized carbons (Fsp3) is 0.409. The van der Waals surface area contributed by atoms with Gasteiger partial charge in [0.15, 0.2) is 5.65 Å². The SMILES string of the molecule is CC1CC(CN)CN1C(=O)c1cc(-c2ccccc2)nc2c1cnn2C(C)C. The Morgan fingerprint density at radius 1 is 1.29 bits per heavy atom. The van der Waals surface area contributed by atoms with Crippen molar-refractivity contribution in [2.24, 2.45) is 11.7 Å². The molecule has 4 rings (SSSR count). The second kappa shape index (κ2) is 7.36. The van der Waals surface area contributed by atoms with Gasteiger partial charge in [0, 0.05) is 24.2 Å². The highest BCUT2D eigenvalue weighted by Gasteiger charge is 2.33. The molecule has 1 aliphatic rings. The lowest BCUT2D eigenvalue weighted by Gasteiger charge is -2.22. The maximum absolute atomic E-state index is 13.5. The van der Waals surface area contributed by atoms with E-state index in [2.05, 4.69) is 25.9 Å². The van der Waals surface area contributed by atoms with Crippen LogP contribution < -0.4 is 5.73 Å². The van der Waals surface area contributed by atoms with E-state index >= 15 is 0 Å². The Morgan fingerprint density at radius 3 is 2.68 bits per heavy atom. The van der Waals surface area contributed by atoms with Crippen molar-refractivity contribution < 1.29 is 4.79 Å². The third-order valence-electron chi connectivity index (χ3n) is 5.61. The first-order valence-electron chi connectivity index (χ1n) is 9.94. The third kappa shape index (κ3) is 3.18. The van der Waals surface area contributed by atoms with E-state index in [-0.39, 0.29) is 18.0 Å². The molecule has 6 nitrogen and oxygen atoms in total. The van der Waals surface area contributed by atoms with Crippen molar-refractivity contribution >= 4 is 16.9 Å². The molecule has 28 heavy (non-hydrogen) atoms. The first-order valence-corrected chi connectivity index (χ1v) is 9.94. The standard InChI is InChI=1S/C22H27N5O/c1-14(2)27-21-19(12-24-27)18(10-20(25-21)17-7-5-4-6-8-17)22(28)26-13-16(11-23)9-15(26)3/h4-8,10,12,14-16H,9,11,13,23H2,1-3H3. The van der Waals surface area contributed by atoms with Crippen LogP contribution in [0, 0.1) is 5.92 Å². The molecule has 6 heteroatoms. The number of nitrogens with zero attached hydrogens (tertiary/aromatic N) is 4. The van der Waals surface area contributed by atoms with Gasteiger partial charge in [-0.05, 0) is 45.7 Å². The monoisotopic (exact) mass is 377 g/mol. The molecule has 3 heterocycles. The quantitative estimate of drug-likeness (QED) is 0.755. The summed E-state index contributed by atoms with van der Waals surface area (Å²) in [5.74, 6) is 0.402. The Kier molecular flexibility index (Phi) is 4.89.